The van der Waals surface area contributed by atoms with E-state index in [-0.39, 0.29) is 24.4 Å². The molecule has 3 nitrogen and oxygen atoms in total. The minimum atomic E-state index is -0.362. The van der Waals surface area contributed by atoms with Gasteiger partial charge in [-0.05, 0) is 37.1 Å². The number of amides is 1. The topological polar surface area (TPSA) is 49.3 Å². The molecule has 1 amide bonds. The monoisotopic (exact) mass is 225 g/mol. The fraction of sp³-hybridized carbons (Fsp3) is 0.417. The Morgan fingerprint density at radius 2 is 2.06 bits per heavy atom. The van der Waals surface area contributed by atoms with Crippen molar-refractivity contribution in [3.05, 3.63) is 35.6 Å². The van der Waals surface area contributed by atoms with E-state index in [4.69, 9.17) is 5.11 Å². The van der Waals surface area contributed by atoms with E-state index in [1.807, 2.05) is 6.92 Å². The van der Waals surface area contributed by atoms with Crippen molar-refractivity contribution in [2.45, 2.75) is 25.8 Å². The van der Waals surface area contributed by atoms with Crippen LogP contribution in [-0.2, 0) is 0 Å². The predicted molar refractivity (Wildman–Crippen MR) is 59.6 cm³/mol. The second-order valence-electron chi connectivity index (χ2n) is 3.60. The molecular weight excluding hydrogens is 209 g/mol. The zero-order valence-electron chi connectivity index (χ0n) is 9.24. The van der Waals surface area contributed by atoms with E-state index in [9.17, 15) is 9.18 Å². The average molecular weight is 225 g/mol. The number of aliphatic hydroxyl groups excluding tert-OH is 1. The number of carbonyl (C=O) groups is 1. The average Bonchev–Trinajstić information content (AvgIpc) is 2.29. The Morgan fingerprint density at radius 1 is 1.44 bits per heavy atom. The van der Waals surface area contributed by atoms with E-state index in [1.165, 1.54) is 24.3 Å². The Kier molecular flexibility index (Phi) is 4.92. The maximum atomic E-state index is 12.6. The summed E-state index contributed by atoms with van der Waals surface area (Å²) in [7, 11) is 0. The summed E-state index contributed by atoms with van der Waals surface area (Å²) >= 11 is 0. The molecule has 1 atom stereocenters. The molecule has 88 valence electrons. The van der Waals surface area contributed by atoms with Gasteiger partial charge in [0, 0.05) is 18.2 Å². The van der Waals surface area contributed by atoms with Crippen molar-refractivity contribution in [3.63, 3.8) is 0 Å². The summed E-state index contributed by atoms with van der Waals surface area (Å²) in [6.45, 7) is 1.98. The third-order valence-corrected chi connectivity index (χ3v) is 2.41. The summed E-state index contributed by atoms with van der Waals surface area (Å²) in [4.78, 5) is 11.7. The highest BCUT2D eigenvalue weighted by Gasteiger charge is 2.11. The fourth-order valence-electron chi connectivity index (χ4n) is 1.40. The van der Waals surface area contributed by atoms with Gasteiger partial charge >= 0.3 is 0 Å². The first-order valence-corrected chi connectivity index (χ1v) is 5.34. The van der Waals surface area contributed by atoms with Gasteiger partial charge < -0.3 is 10.4 Å². The normalized spacial score (nSPS) is 12.2. The van der Waals surface area contributed by atoms with Crippen LogP contribution in [0.25, 0.3) is 0 Å². The molecule has 0 aliphatic carbocycles. The quantitative estimate of drug-likeness (QED) is 0.801. The lowest BCUT2D eigenvalue weighted by Crippen LogP contribution is -2.35. The molecule has 0 fully saturated rings. The summed E-state index contributed by atoms with van der Waals surface area (Å²) in [5.74, 6) is -0.598. The van der Waals surface area contributed by atoms with E-state index < -0.39 is 0 Å². The molecular formula is C12H16FNO2. The first kappa shape index (κ1) is 12.6. The highest BCUT2D eigenvalue weighted by atomic mass is 19.1. The number of rotatable bonds is 5. The molecule has 16 heavy (non-hydrogen) atoms. The van der Waals surface area contributed by atoms with E-state index in [0.29, 0.717) is 12.0 Å². The molecule has 1 aromatic carbocycles. The van der Waals surface area contributed by atoms with Crippen molar-refractivity contribution in [1.29, 1.82) is 0 Å². The standard InChI is InChI=1S/C12H16FNO2/c1-2-11(7-8-15)14-12(16)9-3-5-10(13)6-4-9/h3-6,11,15H,2,7-8H2,1H3,(H,14,16). The van der Waals surface area contributed by atoms with Gasteiger partial charge in [-0.25, -0.2) is 4.39 Å². The van der Waals surface area contributed by atoms with Crippen molar-refractivity contribution < 1.29 is 14.3 Å². The van der Waals surface area contributed by atoms with Crippen LogP contribution >= 0.6 is 0 Å². The maximum Gasteiger partial charge on any atom is 0.251 e. The number of nitrogens with one attached hydrogen (secondary N) is 1. The van der Waals surface area contributed by atoms with Crippen molar-refractivity contribution >= 4 is 5.91 Å². The molecule has 0 heterocycles. The minimum Gasteiger partial charge on any atom is -0.396 e. The lowest BCUT2D eigenvalue weighted by molar-refractivity contribution is 0.0929. The molecule has 0 spiro atoms. The van der Waals surface area contributed by atoms with Crippen molar-refractivity contribution in [1.82, 2.24) is 5.32 Å². The van der Waals surface area contributed by atoms with Gasteiger partial charge in [0.1, 0.15) is 5.82 Å². The Hall–Kier alpha value is -1.42. The van der Waals surface area contributed by atoms with Crippen molar-refractivity contribution in [2.24, 2.45) is 0 Å². The number of halogens is 1. The molecule has 1 aromatic rings. The van der Waals surface area contributed by atoms with E-state index in [0.717, 1.165) is 6.42 Å². The molecule has 0 aromatic heterocycles. The Balaban J connectivity index is 2.60. The minimum absolute atomic E-state index is 0.0393. The van der Waals surface area contributed by atoms with Gasteiger partial charge in [-0.2, -0.15) is 0 Å². The van der Waals surface area contributed by atoms with Crippen LogP contribution in [0, 0.1) is 5.82 Å². The lowest BCUT2D eigenvalue weighted by Gasteiger charge is -2.15. The van der Waals surface area contributed by atoms with E-state index in [2.05, 4.69) is 5.32 Å². The Morgan fingerprint density at radius 3 is 2.56 bits per heavy atom. The summed E-state index contributed by atoms with van der Waals surface area (Å²) in [6.07, 6.45) is 1.29. The van der Waals surface area contributed by atoms with E-state index in [1.54, 1.807) is 0 Å². The molecule has 0 radical (unpaired) electrons. The highest BCUT2D eigenvalue weighted by Crippen LogP contribution is 2.04. The molecule has 1 rings (SSSR count). The summed E-state index contributed by atoms with van der Waals surface area (Å²) in [5.41, 5.74) is 0.429. The first-order valence-electron chi connectivity index (χ1n) is 5.34. The molecule has 0 aliphatic rings. The molecule has 0 saturated carbocycles. The van der Waals surface area contributed by atoms with Gasteiger partial charge in [-0.15, -0.1) is 0 Å². The molecule has 0 bridgehead atoms. The van der Waals surface area contributed by atoms with Gasteiger partial charge in [0.2, 0.25) is 0 Å². The number of carbonyl (C=O) groups excluding carboxylic acids is 1. The Bertz CT molecular complexity index is 337. The maximum absolute atomic E-state index is 12.6. The van der Waals surface area contributed by atoms with Crippen molar-refractivity contribution in [2.75, 3.05) is 6.61 Å². The van der Waals surface area contributed by atoms with Gasteiger partial charge in [0.05, 0.1) is 0 Å². The zero-order chi connectivity index (χ0) is 12.0. The van der Waals surface area contributed by atoms with Gasteiger partial charge in [0.15, 0.2) is 0 Å². The van der Waals surface area contributed by atoms with Crippen molar-refractivity contribution in [3.8, 4) is 0 Å². The number of benzene rings is 1. The zero-order valence-corrected chi connectivity index (χ0v) is 9.24. The SMILES string of the molecule is CCC(CCO)NC(=O)c1ccc(F)cc1. The Labute approximate surface area is 94.3 Å². The highest BCUT2D eigenvalue weighted by molar-refractivity contribution is 5.94. The summed E-state index contributed by atoms with van der Waals surface area (Å²) in [5, 5.41) is 11.6. The van der Waals surface area contributed by atoms with Gasteiger partial charge in [-0.1, -0.05) is 6.92 Å². The molecule has 2 N–H and O–H groups in total. The van der Waals surface area contributed by atoms with Crippen LogP contribution < -0.4 is 5.32 Å². The van der Waals surface area contributed by atoms with Gasteiger partial charge in [0.25, 0.3) is 5.91 Å². The summed E-state index contributed by atoms with van der Waals surface area (Å²) < 4.78 is 12.6. The van der Waals surface area contributed by atoms with Crippen LogP contribution in [0.1, 0.15) is 30.1 Å². The van der Waals surface area contributed by atoms with E-state index >= 15 is 0 Å². The van der Waals surface area contributed by atoms with Crippen LogP contribution in [0.4, 0.5) is 4.39 Å². The second-order valence-corrected chi connectivity index (χ2v) is 3.60. The first-order chi connectivity index (χ1) is 7.67. The van der Waals surface area contributed by atoms with Crippen LogP contribution in [0.15, 0.2) is 24.3 Å². The van der Waals surface area contributed by atoms with Crippen LogP contribution in [-0.4, -0.2) is 23.7 Å². The second kappa shape index (κ2) is 6.23. The smallest absolute Gasteiger partial charge is 0.251 e. The number of hydrogen-bond acceptors (Lipinski definition) is 2. The molecule has 0 aliphatic heterocycles. The molecule has 4 heteroatoms. The lowest BCUT2D eigenvalue weighted by atomic mass is 10.1. The van der Waals surface area contributed by atoms with Gasteiger partial charge in [-0.3, -0.25) is 4.79 Å². The number of hydrogen-bond donors (Lipinski definition) is 2. The third kappa shape index (κ3) is 3.62. The fourth-order valence-corrected chi connectivity index (χ4v) is 1.40. The number of aliphatic hydroxyl groups is 1. The molecule has 1 unspecified atom stereocenters. The predicted octanol–water partition coefficient (Wildman–Crippen LogP) is 1.72. The van der Waals surface area contributed by atoms with Crippen LogP contribution in [0.2, 0.25) is 0 Å². The third-order valence-electron chi connectivity index (χ3n) is 2.41. The van der Waals surface area contributed by atoms with Crippen LogP contribution in [0.3, 0.4) is 0 Å². The summed E-state index contributed by atoms with van der Waals surface area (Å²) in [6, 6.07) is 5.35. The largest absolute Gasteiger partial charge is 0.396 e. The van der Waals surface area contributed by atoms with Crippen LogP contribution in [0.5, 0.6) is 0 Å². The molecule has 0 saturated heterocycles.